The van der Waals surface area contributed by atoms with Gasteiger partial charge in [0.2, 0.25) is 0 Å². The number of allylic oxidation sites excluding steroid dienone is 2. The smallest absolute Gasteiger partial charge is 0.337 e. The van der Waals surface area contributed by atoms with Crippen LogP contribution in [0, 0.1) is 5.41 Å². The van der Waals surface area contributed by atoms with Crippen molar-refractivity contribution >= 4 is 29.6 Å². The number of ketones is 1. The molecule has 0 aliphatic heterocycles. The number of carboxylic acid groups (broad SMARTS) is 2. The summed E-state index contributed by atoms with van der Waals surface area (Å²) in [7, 11) is 0. The SMILES string of the molecule is CC1(C)CC(=O)C(C=Nc2cc(C(=O)O)ccc2C(=O)O)=C(O)C1. The van der Waals surface area contributed by atoms with Crippen molar-refractivity contribution < 1.29 is 29.7 Å². The standard InChI is InChI=1S/C17H17NO6/c1-17(2)6-13(19)11(14(20)7-17)8-18-12-5-9(15(21)22)3-4-10(12)16(23)24/h3-5,8,19H,6-7H2,1-2H3,(H,21,22)(H,23,24). The van der Waals surface area contributed by atoms with Crippen LogP contribution in [0.25, 0.3) is 0 Å². The normalized spacial score (nSPS) is 17.3. The lowest BCUT2D eigenvalue weighted by atomic mass is 9.77. The zero-order chi connectivity index (χ0) is 18.1. The maximum Gasteiger partial charge on any atom is 0.337 e. The summed E-state index contributed by atoms with van der Waals surface area (Å²) in [6.45, 7) is 3.71. The van der Waals surface area contributed by atoms with Crippen LogP contribution in [0.2, 0.25) is 0 Å². The Bertz CT molecular complexity index is 788. The van der Waals surface area contributed by atoms with Gasteiger partial charge in [-0.15, -0.1) is 0 Å². The quantitative estimate of drug-likeness (QED) is 0.728. The second-order valence-electron chi connectivity index (χ2n) is 6.40. The number of aliphatic hydroxyl groups excluding tert-OH is 1. The Morgan fingerprint density at radius 1 is 1.17 bits per heavy atom. The number of nitrogens with zero attached hydrogens (tertiary/aromatic N) is 1. The van der Waals surface area contributed by atoms with Gasteiger partial charge in [0.05, 0.1) is 22.4 Å². The van der Waals surface area contributed by atoms with Crippen molar-refractivity contribution in [3.05, 3.63) is 40.7 Å². The molecule has 0 spiro atoms. The van der Waals surface area contributed by atoms with Crippen molar-refractivity contribution in [1.82, 2.24) is 0 Å². The summed E-state index contributed by atoms with van der Waals surface area (Å²) in [4.78, 5) is 38.3. The minimum absolute atomic E-state index is 0.0198. The zero-order valence-electron chi connectivity index (χ0n) is 13.2. The van der Waals surface area contributed by atoms with Gasteiger partial charge in [-0.3, -0.25) is 9.79 Å². The molecule has 2 rings (SSSR count). The van der Waals surface area contributed by atoms with E-state index in [-0.39, 0.29) is 45.8 Å². The Kier molecular flexibility index (Phi) is 4.54. The van der Waals surface area contributed by atoms with Gasteiger partial charge in [-0.1, -0.05) is 13.8 Å². The fraction of sp³-hybridized carbons (Fsp3) is 0.294. The molecule has 1 aromatic rings. The first-order valence-corrected chi connectivity index (χ1v) is 7.21. The van der Waals surface area contributed by atoms with Crippen LogP contribution >= 0.6 is 0 Å². The van der Waals surface area contributed by atoms with Crippen LogP contribution in [0.5, 0.6) is 0 Å². The first kappa shape index (κ1) is 17.4. The topological polar surface area (TPSA) is 124 Å². The van der Waals surface area contributed by atoms with Crippen molar-refractivity contribution in [2.45, 2.75) is 26.7 Å². The van der Waals surface area contributed by atoms with E-state index in [0.717, 1.165) is 24.4 Å². The van der Waals surface area contributed by atoms with Gasteiger partial charge in [0.1, 0.15) is 5.76 Å². The van der Waals surface area contributed by atoms with Gasteiger partial charge in [-0.25, -0.2) is 9.59 Å². The van der Waals surface area contributed by atoms with Crippen molar-refractivity contribution in [3.8, 4) is 0 Å². The maximum absolute atomic E-state index is 12.1. The van der Waals surface area contributed by atoms with E-state index >= 15 is 0 Å². The van der Waals surface area contributed by atoms with Crippen LogP contribution in [0.4, 0.5) is 5.69 Å². The molecular formula is C17H17NO6. The third-order valence-corrected chi connectivity index (χ3v) is 3.70. The number of benzene rings is 1. The average molecular weight is 331 g/mol. The number of rotatable bonds is 4. The molecule has 7 heteroatoms. The van der Waals surface area contributed by atoms with Crippen molar-refractivity contribution in [3.63, 3.8) is 0 Å². The summed E-state index contributed by atoms with van der Waals surface area (Å²) in [5.74, 6) is -2.89. The molecule has 0 heterocycles. The molecule has 0 fully saturated rings. The number of hydrogen-bond donors (Lipinski definition) is 3. The van der Waals surface area contributed by atoms with Crippen LogP contribution in [-0.4, -0.2) is 39.3 Å². The number of carbonyl (C=O) groups is 3. The molecule has 24 heavy (non-hydrogen) atoms. The van der Waals surface area contributed by atoms with E-state index in [4.69, 9.17) is 10.2 Å². The minimum atomic E-state index is -1.27. The van der Waals surface area contributed by atoms with Gasteiger partial charge in [0.25, 0.3) is 0 Å². The maximum atomic E-state index is 12.1. The molecule has 1 aliphatic rings. The summed E-state index contributed by atoms with van der Waals surface area (Å²) >= 11 is 0. The summed E-state index contributed by atoms with van der Waals surface area (Å²) in [6, 6.07) is 3.41. The number of aromatic carboxylic acids is 2. The minimum Gasteiger partial charge on any atom is -0.511 e. The van der Waals surface area contributed by atoms with Crippen molar-refractivity contribution in [2.75, 3.05) is 0 Å². The van der Waals surface area contributed by atoms with Gasteiger partial charge >= 0.3 is 11.9 Å². The largest absolute Gasteiger partial charge is 0.511 e. The zero-order valence-corrected chi connectivity index (χ0v) is 13.2. The van der Waals surface area contributed by atoms with E-state index in [0.29, 0.717) is 6.42 Å². The highest BCUT2D eigenvalue weighted by Crippen LogP contribution is 2.35. The predicted octanol–water partition coefficient (Wildman–Crippen LogP) is 2.99. The molecule has 126 valence electrons. The van der Waals surface area contributed by atoms with E-state index in [1.807, 2.05) is 13.8 Å². The second-order valence-corrected chi connectivity index (χ2v) is 6.40. The lowest BCUT2D eigenvalue weighted by Crippen LogP contribution is -2.26. The Morgan fingerprint density at radius 3 is 2.38 bits per heavy atom. The third kappa shape index (κ3) is 3.68. The lowest BCUT2D eigenvalue weighted by molar-refractivity contribution is -0.117. The van der Waals surface area contributed by atoms with Gasteiger partial charge in [0, 0.05) is 19.1 Å². The first-order chi connectivity index (χ1) is 11.1. The number of aliphatic imine (C=N–C) groups is 1. The highest BCUT2D eigenvalue weighted by Gasteiger charge is 2.32. The van der Waals surface area contributed by atoms with Gasteiger partial charge in [0.15, 0.2) is 5.78 Å². The number of carbonyl (C=O) groups excluding carboxylic acids is 1. The van der Waals surface area contributed by atoms with Crippen LogP contribution < -0.4 is 0 Å². The molecule has 0 unspecified atom stereocenters. The fourth-order valence-electron chi connectivity index (χ4n) is 2.53. The fourth-order valence-corrected chi connectivity index (χ4v) is 2.53. The molecule has 0 atom stereocenters. The van der Waals surface area contributed by atoms with E-state index in [9.17, 15) is 19.5 Å². The second kappa shape index (κ2) is 6.27. The average Bonchev–Trinajstić information content (AvgIpc) is 2.44. The molecule has 0 radical (unpaired) electrons. The van der Waals surface area contributed by atoms with Crippen LogP contribution in [0.15, 0.2) is 34.5 Å². The van der Waals surface area contributed by atoms with Crippen LogP contribution in [0.3, 0.4) is 0 Å². The van der Waals surface area contributed by atoms with Gasteiger partial charge in [-0.05, 0) is 23.6 Å². The van der Waals surface area contributed by atoms with Crippen molar-refractivity contribution in [1.29, 1.82) is 0 Å². The predicted molar refractivity (Wildman–Crippen MR) is 86.2 cm³/mol. The Balaban J connectivity index is 2.44. The molecule has 1 aromatic carbocycles. The van der Waals surface area contributed by atoms with Gasteiger partial charge in [-0.2, -0.15) is 0 Å². The first-order valence-electron chi connectivity index (χ1n) is 7.21. The van der Waals surface area contributed by atoms with E-state index in [1.54, 1.807) is 0 Å². The summed E-state index contributed by atoms with van der Waals surface area (Å²) in [6.07, 6.45) is 1.64. The van der Waals surface area contributed by atoms with Crippen LogP contribution in [0.1, 0.15) is 47.4 Å². The van der Waals surface area contributed by atoms with Crippen molar-refractivity contribution in [2.24, 2.45) is 10.4 Å². The number of hydrogen-bond acceptors (Lipinski definition) is 5. The lowest BCUT2D eigenvalue weighted by Gasteiger charge is -2.28. The molecule has 1 aliphatic carbocycles. The highest BCUT2D eigenvalue weighted by atomic mass is 16.4. The molecule has 0 bridgehead atoms. The molecule has 7 nitrogen and oxygen atoms in total. The number of Topliss-reactive ketones (excluding diaryl/α,β-unsaturated/α-hetero) is 1. The monoisotopic (exact) mass is 331 g/mol. The Hall–Kier alpha value is -2.96. The van der Waals surface area contributed by atoms with E-state index < -0.39 is 11.9 Å². The molecule has 0 amide bonds. The molecule has 0 saturated heterocycles. The third-order valence-electron chi connectivity index (χ3n) is 3.70. The Morgan fingerprint density at radius 2 is 1.83 bits per heavy atom. The summed E-state index contributed by atoms with van der Waals surface area (Å²) in [5, 5.41) is 28.2. The van der Waals surface area contributed by atoms with Crippen LogP contribution in [-0.2, 0) is 4.79 Å². The summed E-state index contributed by atoms with van der Waals surface area (Å²) < 4.78 is 0. The van der Waals surface area contributed by atoms with Gasteiger partial charge < -0.3 is 15.3 Å². The number of aliphatic hydroxyl groups is 1. The van der Waals surface area contributed by atoms with E-state index in [1.165, 1.54) is 0 Å². The van der Waals surface area contributed by atoms with E-state index in [2.05, 4.69) is 4.99 Å². The molecule has 0 aromatic heterocycles. The highest BCUT2D eigenvalue weighted by molar-refractivity contribution is 6.15. The molecule has 3 N–H and O–H groups in total. The molecular weight excluding hydrogens is 314 g/mol. The summed E-state index contributed by atoms with van der Waals surface area (Å²) in [5.41, 5.74) is -0.748. The Labute approximate surface area is 138 Å². The number of carboxylic acids is 2. The molecule has 0 saturated carbocycles.